The van der Waals surface area contributed by atoms with E-state index in [0.29, 0.717) is 11.1 Å². The third-order valence-electron chi connectivity index (χ3n) is 3.47. The zero-order valence-corrected chi connectivity index (χ0v) is 15.5. The molecule has 0 aliphatic heterocycles. The molecule has 0 saturated heterocycles. The monoisotopic (exact) mass is 389 g/mol. The molecule has 0 fully saturated rings. The highest BCUT2D eigenvalue weighted by atomic mass is 32.2. The minimum absolute atomic E-state index is 0.00112. The van der Waals surface area contributed by atoms with Gasteiger partial charge in [-0.2, -0.15) is 13.4 Å². The number of esters is 1. The minimum atomic E-state index is -3.74. The average molecular weight is 389 g/mol. The summed E-state index contributed by atoms with van der Waals surface area (Å²) in [5.74, 6) is -0.143. The van der Waals surface area contributed by atoms with Gasteiger partial charge in [-0.3, -0.25) is 9.59 Å². The number of nitrogens with zero attached hydrogens (tertiary/aromatic N) is 1. The van der Waals surface area contributed by atoms with Crippen LogP contribution in [0.25, 0.3) is 22.4 Å². The fourth-order valence-electron chi connectivity index (χ4n) is 2.51. The highest BCUT2D eigenvalue weighted by molar-refractivity contribution is 7.86. The van der Waals surface area contributed by atoms with Gasteiger partial charge in [-0.25, -0.2) is 0 Å². The Bertz CT molecular complexity index is 1210. The molecular weight excluding hydrogens is 374 g/mol. The summed E-state index contributed by atoms with van der Waals surface area (Å²) < 4.78 is 38.2. The number of carbonyl (C=O) groups excluding carboxylic acids is 1. The Morgan fingerprint density at radius 3 is 2.56 bits per heavy atom. The molecule has 0 aliphatic carbocycles. The lowest BCUT2D eigenvalue weighted by molar-refractivity contribution is -0.131. The van der Waals surface area contributed by atoms with Crippen LogP contribution in [-0.4, -0.2) is 25.6 Å². The number of aromatic nitrogens is 1. The van der Waals surface area contributed by atoms with Crippen LogP contribution in [0.3, 0.4) is 0 Å². The molecule has 27 heavy (non-hydrogen) atoms. The first kappa shape index (κ1) is 18.6. The molecule has 9 heteroatoms. The van der Waals surface area contributed by atoms with Crippen LogP contribution in [0.1, 0.15) is 12.5 Å². The van der Waals surface area contributed by atoms with Crippen molar-refractivity contribution in [1.82, 2.24) is 4.98 Å². The third kappa shape index (κ3) is 4.32. The van der Waals surface area contributed by atoms with Crippen LogP contribution in [0.2, 0.25) is 0 Å². The lowest BCUT2D eigenvalue weighted by atomic mass is 10.1. The maximum absolute atomic E-state index is 12.4. The van der Waals surface area contributed by atoms with Gasteiger partial charge in [0.05, 0.1) is 11.6 Å². The molecule has 140 valence electrons. The largest absolute Gasteiger partial charge is 0.437 e. The number of rotatable bonds is 4. The fraction of sp³-hybridized carbons (Fsp3) is 0.167. The molecule has 3 aromatic rings. The van der Waals surface area contributed by atoms with Gasteiger partial charge in [-0.15, -0.1) is 0 Å². The molecule has 0 radical (unpaired) electrons. The summed E-state index contributed by atoms with van der Waals surface area (Å²) in [7, 11) is -3.74. The van der Waals surface area contributed by atoms with E-state index in [9.17, 15) is 18.0 Å². The van der Waals surface area contributed by atoms with Gasteiger partial charge in [0.1, 0.15) is 17.1 Å². The predicted molar refractivity (Wildman–Crippen MR) is 97.2 cm³/mol. The second kappa shape index (κ2) is 6.84. The van der Waals surface area contributed by atoms with E-state index in [1.54, 1.807) is 25.1 Å². The van der Waals surface area contributed by atoms with Crippen LogP contribution in [0.15, 0.2) is 45.6 Å². The molecule has 8 nitrogen and oxygen atoms in total. The summed E-state index contributed by atoms with van der Waals surface area (Å²) in [5.41, 5.74) is 0.599. The van der Waals surface area contributed by atoms with Crippen molar-refractivity contribution in [2.75, 3.05) is 6.26 Å². The quantitative estimate of drug-likeness (QED) is 0.380. The Labute approximate surface area is 154 Å². The Morgan fingerprint density at radius 2 is 1.89 bits per heavy atom. The second-order valence-corrected chi connectivity index (χ2v) is 7.42. The normalized spacial score (nSPS) is 11.4. The molecule has 1 heterocycles. The summed E-state index contributed by atoms with van der Waals surface area (Å²) in [6.07, 6.45) is 0.909. The van der Waals surface area contributed by atoms with Crippen LogP contribution in [-0.2, 0) is 14.9 Å². The highest BCUT2D eigenvalue weighted by Gasteiger charge is 2.15. The van der Waals surface area contributed by atoms with Gasteiger partial charge in [0.15, 0.2) is 0 Å². The smallest absolute Gasteiger partial charge is 0.308 e. The van der Waals surface area contributed by atoms with Crippen molar-refractivity contribution in [3.05, 3.63) is 52.3 Å². The van der Waals surface area contributed by atoms with Crippen molar-refractivity contribution in [2.24, 2.45) is 0 Å². The Hall–Kier alpha value is -3.20. The van der Waals surface area contributed by atoms with Gasteiger partial charge in [0, 0.05) is 12.5 Å². The molecule has 0 N–H and O–H groups in total. The molecular formula is C18H15NO7S. The summed E-state index contributed by atoms with van der Waals surface area (Å²) in [6.45, 7) is 2.93. The molecule has 0 aliphatic rings. The van der Waals surface area contributed by atoms with Gasteiger partial charge < -0.3 is 13.3 Å². The van der Waals surface area contributed by atoms with Crippen LogP contribution in [0.5, 0.6) is 11.5 Å². The lowest BCUT2D eigenvalue weighted by Crippen LogP contribution is -2.10. The van der Waals surface area contributed by atoms with E-state index in [2.05, 4.69) is 4.98 Å². The summed E-state index contributed by atoms with van der Waals surface area (Å²) in [4.78, 5) is 27.4. The van der Waals surface area contributed by atoms with Crippen molar-refractivity contribution < 1.29 is 26.5 Å². The van der Waals surface area contributed by atoms with Crippen LogP contribution < -0.4 is 14.5 Å². The van der Waals surface area contributed by atoms with Crippen LogP contribution in [0, 0.1) is 6.92 Å². The zero-order chi connectivity index (χ0) is 19.8. The number of hydrogen-bond acceptors (Lipinski definition) is 8. The van der Waals surface area contributed by atoms with E-state index in [1.165, 1.54) is 25.1 Å². The van der Waals surface area contributed by atoms with Crippen LogP contribution >= 0.6 is 0 Å². The van der Waals surface area contributed by atoms with Crippen molar-refractivity contribution in [2.45, 2.75) is 13.8 Å². The maximum Gasteiger partial charge on any atom is 0.308 e. The van der Waals surface area contributed by atoms with Crippen LogP contribution in [0.4, 0.5) is 0 Å². The number of carbonyl (C=O) groups is 1. The lowest BCUT2D eigenvalue weighted by Gasteiger charge is -2.08. The molecule has 0 saturated carbocycles. The fourth-order valence-corrected chi connectivity index (χ4v) is 2.96. The Kier molecular flexibility index (Phi) is 4.71. The molecule has 2 aromatic carbocycles. The topological polar surface area (TPSA) is 113 Å². The van der Waals surface area contributed by atoms with Crippen molar-refractivity contribution >= 4 is 27.1 Å². The standard InChI is InChI=1S/C18H15NO7S/c1-10-7-14(26-27(3,22)23)9-15-16(10)25-18(19-17(15)21)12-5-4-6-13(8-12)24-11(2)20/h4-9H,1-3H3. The Morgan fingerprint density at radius 1 is 1.15 bits per heavy atom. The molecule has 1 aromatic heterocycles. The highest BCUT2D eigenvalue weighted by Crippen LogP contribution is 2.28. The third-order valence-corrected chi connectivity index (χ3v) is 3.97. The number of benzene rings is 2. The van der Waals surface area contributed by atoms with Crippen molar-refractivity contribution in [3.8, 4) is 23.0 Å². The van der Waals surface area contributed by atoms with E-state index in [1.807, 2.05) is 0 Å². The molecule has 0 bridgehead atoms. The van der Waals surface area contributed by atoms with E-state index < -0.39 is 21.6 Å². The number of aryl methyl sites for hydroxylation is 1. The number of fused-ring (bicyclic) bond motifs is 1. The average Bonchev–Trinajstić information content (AvgIpc) is 2.54. The number of hydrogen-bond donors (Lipinski definition) is 0. The molecule has 3 rings (SSSR count). The van der Waals surface area contributed by atoms with Gasteiger partial charge in [0.2, 0.25) is 5.89 Å². The predicted octanol–water partition coefficient (Wildman–Crippen LogP) is 2.43. The molecule has 0 atom stereocenters. The van der Waals surface area contributed by atoms with Crippen molar-refractivity contribution in [1.29, 1.82) is 0 Å². The van der Waals surface area contributed by atoms with E-state index >= 15 is 0 Å². The van der Waals surface area contributed by atoms with Gasteiger partial charge in [-0.1, -0.05) is 6.07 Å². The Balaban J connectivity index is 2.13. The van der Waals surface area contributed by atoms with Gasteiger partial charge in [0.25, 0.3) is 5.56 Å². The summed E-state index contributed by atoms with van der Waals surface area (Å²) >= 11 is 0. The summed E-state index contributed by atoms with van der Waals surface area (Å²) in [5, 5.41) is 0.0912. The molecule has 0 amide bonds. The maximum atomic E-state index is 12.4. The van der Waals surface area contributed by atoms with E-state index in [0.717, 1.165) is 6.26 Å². The zero-order valence-electron chi connectivity index (χ0n) is 14.7. The minimum Gasteiger partial charge on any atom is -0.437 e. The molecule has 0 spiro atoms. The van der Waals surface area contributed by atoms with E-state index in [4.69, 9.17) is 13.3 Å². The first-order valence-corrected chi connectivity index (χ1v) is 9.58. The summed E-state index contributed by atoms with van der Waals surface area (Å²) in [6, 6.07) is 9.11. The first-order valence-electron chi connectivity index (χ1n) is 7.76. The van der Waals surface area contributed by atoms with Gasteiger partial charge in [-0.05, 0) is 42.8 Å². The van der Waals surface area contributed by atoms with E-state index in [-0.39, 0.29) is 28.4 Å². The number of ether oxygens (including phenoxy) is 1. The van der Waals surface area contributed by atoms with Gasteiger partial charge >= 0.3 is 16.1 Å². The molecule has 0 unspecified atom stereocenters. The first-order chi connectivity index (χ1) is 12.6. The van der Waals surface area contributed by atoms with Crippen molar-refractivity contribution in [3.63, 3.8) is 0 Å². The SMILES string of the molecule is CC(=O)Oc1cccc(-c2nc(=O)c3cc(OS(C)(=O)=O)cc(C)c3o2)c1. The second-order valence-electron chi connectivity index (χ2n) is 5.85.